The average Bonchev–Trinajstić information content (AvgIpc) is 2.35. The van der Waals surface area contributed by atoms with Crippen LogP contribution in [-0.2, 0) is 0 Å². The van der Waals surface area contributed by atoms with Crippen LogP contribution in [0, 0.1) is 29.6 Å². The Labute approximate surface area is 123 Å². The summed E-state index contributed by atoms with van der Waals surface area (Å²) in [6.45, 7) is 16.9. The highest BCUT2D eigenvalue weighted by atomic mass is 14.3. The van der Waals surface area contributed by atoms with Gasteiger partial charge >= 0.3 is 0 Å². The molecule has 0 heteroatoms. The highest BCUT2D eigenvalue weighted by Gasteiger charge is 2.24. The summed E-state index contributed by atoms with van der Waals surface area (Å²) in [6.07, 6.45) is 9.78. The Hall–Kier alpha value is 0. The molecule has 0 aromatic carbocycles. The molecular formula is C19H40. The van der Waals surface area contributed by atoms with Gasteiger partial charge in [-0.3, -0.25) is 0 Å². The third kappa shape index (κ3) is 7.37. The molecule has 0 amide bonds. The number of hydrogen-bond donors (Lipinski definition) is 0. The van der Waals surface area contributed by atoms with Crippen LogP contribution in [0.1, 0.15) is 93.4 Å². The third-order valence-corrected chi connectivity index (χ3v) is 5.33. The van der Waals surface area contributed by atoms with Crippen LogP contribution in [0.2, 0.25) is 0 Å². The number of rotatable bonds is 11. The van der Waals surface area contributed by atoms with E-state index in [0.717, 1.165) is 29.6 Å². The molecule has 0 aliphatic heterocycles. The van der Waals surface area contributed by atoms with Crippen molar-refractivity contribution < 1.29 is 0 Å². The van der Waals surface area contributed by atoms with E-state index in [9.17, 15) is 0 Å². The molecule has 0 nitrogen and oxygen atoms in total. The number of unbranched alkanes of at least 4 members (excludes halogenated alkanes) is 2. The van der Waals surface area contributed by atoms with E-state index in [1.165, 1.54) is 44.9 Å². The second-order valence-corrected chi connectivity index (χ2v) is 7.17. The Bertz CT molecular complexity index is 190. The van der Waals surface area contributed by atoms with Gasteiger partial charge in [-0.25, -0.2) is 0 Å². The predicted molar refractivity (Wildman–Crippen MR) is 89.5 cm³/mol. The molecule has 0 rings (SSSR count). The fraction of sp³-hybridized carbons (Fsp3) is 1.00. The highest BCUT2D eigenvalue weighted by Crippen LogP contribution is 2.34. The maximum absolute atomic E-state index is 2.51. The van der Waals surface area contributed by atoms with Crippen LogP contribution in [0.15, 0.2) is 0 Å². The lowest BCUT2D eigenvalue weighted by molar-refractivity contribution is 0.185. The summed E-state index contributed by atoms with van der Waals surface area (Å²) in [5, 5.41) is 0. The monoisotopic (exact) mass is 268 g/mol. The molecule has 19 heavy (non-hydrogen) atoms. The van der Waals surface area contributed by atoms with Gasteiger partial charge in [0, 0.05) is 0 Å². The van der Waals surface area contributed by atoms with Gasteiger partial charge in [-0.2, -0.15) is 0 Å². The molecule has 0 aromatic rings. The van der Waals surface area contributed by atoms with Crippen LogP contribution in [0.25, 0.3) is 0 Å². The Kier molecular flexibility index (Phi) is 10.7. The van der Waals surface area contributed by atoms with E-state index in [0.29, 0.717) is 0 Å². The normalized spacial score (nSPS) is 16.9. The van der Waals surface area contributed by atoms with E-state index < -0.39 is 0 Å². The van der Waals surface area contributed by atoms with Gasteiger partial charge in [0.2, 0.25) is 0 Å². The molecule has 0 aromatic heterocycles. The quantitative estimate of drug-likeness (QED) is 0.356. The van der Waals surface area contributed by atoms with E-state index in [2.05, 4.69) is 48.5 Å². The standard InChI is InChI=1S/C19H40/c1-8-11-12-13-19(15(4)5)17(7)14-16(6)18(9-2)10-3/h15-19H,8-14H2,1-7H3. The smallest absolute Gasteiger partial charge is 0.0365 e. The molecule has 0 saturated heterocycles. The topological polar surface area (TPSA) is 0 Å². The van der Waals surface area contributed by atoms with E-state index in [4.69, 9.17) is 0 Å². The second-order valence-electron chi connectivity index (χ2n) is 7.17. The minimum absolute atomic E-state index is 0.848. The van der Waals surface area contributed by atoms with Crippen molar-refractivity contribution in [2.75, 3.05) is 0 Å². The van der Waals surface area contributed by atoms with Crippen LogP contribution < -0.4 is 0 Å². The van der Waals surface area contributed by atoms with E-state index in [-0.39, 0.29) is 0 Å². The van der Waals surface area contributed by atoms with Crippen LogP contribution >= 0.6 is 0 Å². The molecule has 0 N–H and O–H groups in total. The summed E-state index contributed by atoms with van der Waals surface area (Å²) in [5.41, 5.74) is 0. The number of hydrogen-bond acceptors (Lipinski definition) is 0. The molecule has 0 radical (unpaired) electrons. The minimum Gasteiger partial charge on any atom is -0.0654 e. The first-order valence-corrected chi connectivity index (χ1v) is 8.97. The lowest BCUT2D eigenvalue weighted by Gasteiger charge is -2.32. The lowest BCUT2D eigenvalue weighted by atomic mass is 9.74. The van der Waals surface area contributed by atoms with Crippen LogP contribution in [0.4, 0.5) is 0 Å². The molecule has 3 unspecified atom stereocenters. The molecule has 0 heterocycles. The van der Waals surface area contributed by atoms with Crippen molar-refractivity contribution in [2.45, 2.75) is 93.4 Å². The molecule has 0 saturated carbocycles. The fourth-order valence-electron chi connectivity index (χ4n) is 3.95. The van der Waals surface area contributed by atoms with E-state index >= 15 is 0 Å². The maximum atomic E-state index is 2.51. The molecule has 0 fully saturated rings. The zero-order chi connectivity index (χ0) is 14.8. The predicted octanol–water partition coefficient (Wildman–Crippen LogP) is 6.94. The Morgan fingerprint density at radius 1 is 0.737 bits per heavy atom. The van der Waals surface area contributed by atoms with Gasteiger partial charge in [-0.15, -0.1) is 0 Å². The van der Waals surface area contributed by atoms with Crippen LogP contribution in [-0.4, -0.2) is 0 Å². The van der Waals surface area contributed by atoms with Gasteiger partial charge in [0.1, 0.15) is 0 Å². The zero-order valence-corrected chi connectivity index (χ0v) is 14.8. The molecule has 116 valence electrons. The minimum atomic E-state index is 0.848. The van der Waals surface area contributed by atoms with Crippen molar-refractivity contribution in [3.63, 3.8) is 0 Å². The first-order chi connectivity index (χ1) is 8.97. The van der Waals surface area contributed by atoms with Crippen LogP contribution in [0.3, 0.4) is 0 Å². The van der Waals surface area contributed by atoms with Gasteiger partial charge in [-0.05, 0) is 42.4 Å². The first-order valence-electron chi connectivity index (χ1n) is 8.97. The van der Waals surface area contributed by atoms with Crippen LogP contribution in [0.5, 0.6) is 0 Å². The molecule has 3 atom stereocenters. The van der Waals surface area contributed by atoms with Crippen molar-refractivity contribution in [3.05, 3.63) is 0 Å². The van der Waals surface area contributed by atoms with Gasteiger partial charge < -0.3 is 0 Å². The molecule has 0 aliphatic carbocycles. The van der Waals surface area contributed by atoms with Gasteiger partial charge in [0.05, 0.1) is 0 Å². The van der Waals surface area contributed by atoms with Crippen molar-refractivity contribution in [3.8, 4) is 0 Å². The fourth-order valence-corrected chi connectivity index (χ4v) is 3.95. The van der Waals surface area contributed by atoms with Gasteiger partial charge in [0.25, 0.3) is 0 Å². The third-order valence-electron chi connectivity index (χ3n) is 5.33. The SMILES string of the molecule is CCCCCC(C(C)C)C(C)CC(C)C(CC)CC. The van der Waals surface area contributed by atoms with E-state index in [1.807, 2.05) is 0 Å². The molecule has 0 spiro atoms. The zero-order valence-electron chi connectivity index (χ0n) is 14.8. The Morgan fingerprint density at radius 2 is 1.32 bits per heavy atom. The molecule has 0 aliphatic rings. The highest BCUT2D eigenvalue weighted by molar-refractivity contribution is 4.74. The summed E-state index contributed by atoms with van der Waals surface area (Å²) in [7, 11) is 0. The molecular weight excluding hydrogens is 228 g/mol. The van der Waals surface area contributed by atoms with Gasteiger partial charge in [0.15, 0.2) is 0 Å². The Morgan fingerprint density at radius 3 is 1.74 bits per heavy atom. The second kappa shape index (κ2) is 10.7. The van der Waals surface area contributed by atoms with E-state index in [1.54, 1.807) is 0 Å². The summed E-state index contributed by atoms with van der Waals surface area (Å²) < 4.78 is 0. The summed E-state index contributed by atoms with van der Waals surface area (Å²) in [4.78, 5) is 0. The van der Waals surface area contributed by atoms with Gasteiger partial charge in [-0.1, -0.05) is 80.6 Å². The largest absolute Gasteiger partial charge is 0.0654 e. The maximum Gasteiger partial charge on any atom is -0.0365 e. The summed E-state index contributed by atoms with van der Waals surface area (Å²) >= 11 is 0. The average molecular weight is 269 g/mol. The lowest BCUT2D eigenvalue weighted by Crippen LogP contribution is -2.22. The first kappa shape index (κ1) is 19.0. The Balaban J connectivity index is 4.33. The van der Waals surface area contributed by atoms with Crippen molar-refractivity contribution in [1.29, 1.82) is 0 Å². The van der Waals surface area contributed by atoms with Crippen molar-refractivity contribution in [1.82, 2.24) is 0 Å². The summed E-state index contributed by atoms with van der Waals surface area (Å²) in [6, 6.07) is 0. The molecule has 0 bridgehead atoms. The summed E-state index contributed by atoms with van der Waals surface area (Å²) in [5.74, 6) is 4.51. The van der Waals surface area contributed by atoms with Crippen molar-refractivity contribution in [2.24, 2.45) is 29.6 Å². The van der Waals surface area contributed by atoms with Crippen molar-refractivity contribution >= 4 is 0 Å².